The molecule has 3 rings (SSSR count). The van der Waals surface area contributed by atoms with Gasteiger partial charge in [0.1, 0.15) is 5.82 Å². The number of benzene rings is 1. The molecule has 0 aromatic heterocycles. The lowest BCUT2D eigenvalue weighted by Crippen LogP contribution is -2.41. The Morgan fingerprint density at radius 3 is 2.38 bits per heavy atom. The van der Waals surface area contributed by atoms with E-state index >= 15 is 0 Å². The molecule has 2 heterocycles. The highest BCUT2D eigenvalue weighted by molar-refractivity contribution is 6.62. The molecule has 0 amide bonds. The molecule has 0 bridgehead atoms. The van der Waals surface area contributed by atoms with Gasteiger partial charge in [-0.3, -0.25) is 0 Å². The summed E-state index contributed by atoms with van der Waals surface area (Å²) in [5, 5.41) is 3.27. The summed E-state index contributed by atoms with van der Waals surface area (Å²) in [6.45, 7) is 9.55. The van der Waals surface area contributed by atoms with Gasteiger partial charge < -0.3 is 14.6 Å². The molecule has 21 heavy (non-hydrogen) atoms. The SMILES string of the molecule is CC1(C)OB(c2cc(F)c3c(c2)CNCC3)OC1(C)C.Cl. The fourth-order valence-corrected chi connectivity index (χ4v) is 2.71. The molecule has 0 aliphatic carbocycles. The van der Waals surface area contributed by atoms with Gasteiger partial charge in [0.05, 0.1) is 11.2 Å². The summed E-state index contributed by atoms with van der Waals surface area (Å²) >= 11 is 0. The zero-order valence-corrected chi connectivity index (χ0v) is 13.8. The van der Waals surface area contributed by atoms with Gasteiger partial charge in [-0.25, -0.2) is 4.39 Å². The van der Waals surface area contributed by atoms with Crippen LogP contribution in [-0.4, -0.2) is 24.9 Å². The molecule has 0 saturated carbocycles. The zero-order chi connectivity index (χ0) is 14.5. The quantitative estimate of drug-likeness (QED) is 0.806. The monoisotopic (exact) mass is 313 g/mol. The van der Waals surface area contributed by atoms with E-state index in [9.17, 15) is 4.39 Å². The molecule has 1 fully saturated rings. The van der Waals surface area contributed by atoms with Gasteiger partial charge >= 0.3 is 7.12 Å². The predicted molar refractivity (Wildman–Crippen MR) is 84.8 cm³/mol. The third-order valence-electron chi connectivity index (χ3n) is 4.70. The van der Waals surface area contributed by atoms with Crippen LogP contribution in [0, 0.1) is 5.82 Å². The van der Waals surface area contributed by atoms with Gasteiger partial charge in [-0.05, 0) is 63.3 Å². The molecule has 2 aliphatic rings. The molecule has 1 aromatic rings. The Balaban J connectivity index is 0.00000161. The van der Waals surface area contributed by atoms with Gasteiger partial charge in [-0.15, -0.1) is 12.4 Å². The van der Waals surface area contributed by atoms with Crippen LogP contribution in [0.25, 0.3) is 0 Å². The minimum atomic E-state index is -0.498. The van der Waals surface area contributed by atoms with Gasteiger partial charge in [-0.1, -0.05) is 6.07 Å². The Labute approximate surface area is 132 Å². The minimum Gasteiger partial charge on any atom is -0.399 e. The van der Waals surface area contributed by atoms with Gasteiger partial charge in [0.15, 0.2) is 0 Å². The largest absolute Gasteiger partial charge is 0.494 e. The van der Waals surface area contributed by atoms with Gasteiger partial charge in [0, 0.05) is 6.54 Å². The summed E-state index contributed by atoms with van der Waals surface area (Å²) in [6, 6.07) is 3.57. The predicted octanol–water partition coefficient (Wildman–Crippen LogP) is 2.19. The smallest absolute Gasteiger partial charge is 0.399 e. The maximum Gasteiger partial charge on any atom is 0.494 e. The second kappa shape index (κ2) is 5.54. The highest BCUT2D eigenvalue weighted by Gasteiger charge is 2.51. The van der Waals surface area contributed by atoms with Crippen molar-refractivity contribution in [2.24, 2.45) is 0 Å². The van der Waals surface area contributed by atoms with E-state index in [-0.39, 0.29) is 18.2 Å². The first-order chi connectivity index (χ1) is 9.30. The van der Waals surface area contributed by atoms with E-state index < -0.39 is 18.3 Å². The highest BCUT2D eigenvalue weighted by atomic mass is 35.5. The molecule has 0 atom stereocenters. The summed E-state index contributed by atoms with van der Waals surface area (Å²) in [6.07, 6.45) is 0.741. The molecule has 0 spiro atoms. The van der Waals surface area contributed by atoms with Crippen molar-refractivity contribution in [3.05, 3.63) is 29.1 Å². The van der Waals surface area contributed by atoms with Crippen LogP contribution in [0.2, 0.25) is 0 Å². The van der Waals surface area contributed by atoms with Gasteiger partial charge in [0.25, 0.3) is 0 Å². The van der Waals surface area contributed by atoms with Crippen molar-refractivity contribution in [3.8, 4) is 0 Å². The third kappa shape index (κ3) is 2.84. The highest BCUT2D eigenvalue weighted by Crippen LogP contribution is 2.36. The minimum absolute atomic E-state index is 0. The van der Waals surface area contributed by atoms with Crippen LogP contribution < -0.4 is 10.8 Å². The molecule has 6 heteroatoms. The second-order valence-corrected chi connectivity index (χ2v) is 6.66. The van der Waals surface area contributed by atoms with Crippen molar-refractivity contribution in [1.29, 1.82) is 0 Å². The summed E-state index contributed by atoms with van der Waals surface area (Å²) < 4.78 is 26.2. The summed E-state index contributed by atoms with van der Waals surface area (Å²) in [5.41, 5.74) is 1.80. The van der Waals surface area contributed by atoms with E-state index in [1.165, 1.54) is 0 Å². The van der Waals surface area contributed by atoms with Crippen LogP contribution >= 0.6 is 12.4 Å². The van der Waals surface area contributed by atoms with E-state index in [4.69, 9.17) is 9.31 Å². The van der Waals surface area contributed by atoms with Crippen LogP contribution in [0.4, 0.5) is 4.39 Å². The Bertz CT molecular complexity index is 535. The van der Waals surface area contributed by atoms with E-state index in [1.807, 2.05) is 33.8 Å². The number of fused-ring (bicyclic) bond motifs is 1. The zero-order valence-electron chi connectivity index (χ0n) is 13.0. The molecule has 1 aromatic carbocycles. The molecule has 3 nitrogen and oxygen atoms in total. The number of nitrogens with one attached hydrogen (secondary N) is 1. The first kappa shape index (κ1) is 16.8. The lowest BCUT2D eigenvalue weighted by molar-refractivity contribution is 0.00578. The summed E-state index contributed by atoms with van der Waals surface area (Å²) in [5.74, 6) is -0.145. The van der Waals surface area contributed by atoms with Crippen molar-refractivity contribution >= 4 is 25.0 Å². The Morgan fingerprint density at radius 2 is 1.76 bits per heavy atom. The molecule has 0 radical (unpaired) electrons. The van der Waals surface area contributed by atoms with Crippen LogP contribution in [-0.2, 0) is 22.3 Å². The van der Waals surface area contributed by atoms with Crippen LogP contribution in [0.3, 0.4) is 0 Å². The van der Waals surface area contributed by atoms with E-state index in [0.29, 0.717) is 6.54 Å². The fraction of sp³-hybridized carbons (Fsp3) is 0.600. The number of halogens is 2. The van der Waals surface area contributed by atoms with Crippen molar-refractivity contribution in [2.45, 2.75) is 51.9 Å². The van der Waals surface area contributed by atoms with E-state index in [0.717, 1.165) is 29.6 Å². The first-order valence-corrected chi connectivity index (χ1v) is 7.18. The molecular weight excluding hydrogens is 291 g/mol. The Kier molecular flexibility index (Phi) is 4.42. The standard InChI is InChI=1S/C15H21BFNO2.ClH/c1-14(2)15(3,4)20-16(19-14)11-7-10-9-18-6-5-12(10)13(17)8-11;/h7-8,18H,5-6,9H2,1-4H3;1H. The molecule has 0 unspecified atom stereocenters. The van der Waals surface area contributed by atoms with Crippen LogP contribution in [0.15, 0.2) is 12.1 Å². The van der Waals surface area contributed by atoms with Crippen molar-refractivity contribution in [3.63, 3.8) is 0 Å². The fourth-order valence-electron chi connectivity index (χ4n) is 2.71. The normalized spacial score (nSPS) is 22.6. The lowest BCUT2D eigenvalue weighted by Gasteiger charge is -2.32. The van der Waals surface area contributed by atoms with Crippen LogP contribution in [0.5, 0.6) is 0 Å². The molecule has 1 saturated heterocycles. The second-order valence-electron chi connectivity index (χ2n) is 6.66. The van der Waals surface area contributed by atoms with Gasteiger partial charge in [0.2, 0.25) is 0 Å². The van der Waals surface area contributed by atoms with E-state index in [2.05, 4.69) is 5.32 Å². The summed E-state index contributed by atoms with van der Waals surface area (Å²) in [7, 11) is -0.498. The molecule has 2 aliphatic heterocycles. The maximum absolute atomic E-state index is 14.2. The Morgan fingerprint density at radius 1 is 1.14 bits per heavy atom. The topological polar surface area (TPSA) is 30.5 Å². The first-order valence-electron chi connectivity index (χ1n) is 7.18. The molecule has 1 N–H and O–H groups in total. The van der Waals surface area contributed by atoms with Crippen molar-refractivity contribution in [2.75, 3.05) is 6.54 Å². The summed E-state index contributed by atoms with van der Waals surface area (Å²) in [4.78, 5) is 0. The van der Waals surface area contributed by atoms with Crippen molar-refractivity contribution < 1.29 is 13.7 Å². The molecule has 116 valence electrons. The number of rotatable bonds is 1. The lowest BCUT2D eigenvalue weighted by atomic mass is 9.77. The van der Waals surface area contributed by atoms with Crippen molar-refractivity contribution in [1.82, 2.24) is 5.32 Å². The van der Waals surface area contributed by atoms with Crippen LogP contribution in [0.1, 0.15) is 38.8 Å². The van der Waals surface area contributed by atoms with Gasteiger partial charge in [-0.2, -0.15) is 0 Å². The molecular formula is C15H22BClFNO2. The number of hydrogen-bond donors (Lipinski definition) is 1. The average molecular weight is 314 g/mol. The number of hydrogen-bond acceptors (Lipinski definition) is 3. The maximum atomic E-state index is 14.2. The average Bonchev–Trinajstić information content (AvgIpc) is 2.58. The van der Waals surface area contributed by atoms with E-state index in [1.54, 1.807) is 6.07 Å². The third-order valence-corrected chi connectivity index (χ3v) is 4.70. The Hall–Kier alpha value is -0.615.